The van der Waals surface area contributed by atoms with Crippen LogP contribution in [0.25, 0.3) is 0 Å². The summed E-state index contributed by atoms with van der Waals surface area (Å²) in [6, 6.07) is 25.1. The zero-order valence-electron chi connectivity index (χ0n) is 13.1. The van der Waals surface area contributed by atoms with Crippen LogP contribution in [-0.2, 0) is 12.8 Å². The van der Waals surface area contributed by atoms with Crippen molar-refractivity contribution < 1.29 is 0 Å². The fourth-order valence-corrected chi connectivity index (χ4v) is 4.20. The van der Waals surface area contributed by atoms with Crippen LogP contribution < -0.4 is 5.46 Å². The maximum absolute atomic E-state index is 6.13. The molecule has 3 aromatic rings. The summed E-state index contributed by atoms with van der Waals surface area (Å²) in [5.41, 5.74) is 5.47. The Bertz CT molecular complexity index is 805. The van der Waals surface area contributed by atoms with Crippen molar-refractivity contribution in [2.45, 2.75) is 12.8 Å². The molecule has 120 valence electrons. The second-order valence-electron chi connectivity index (χ2n) is 5.73. The first kappa shape index (κ1) is 17.6. The van der Waals surface area contributed by atoms with E-state index in [0.717, 1.165) is 22.8 Å². The van der Waals surface area contributed by atoms with E-state index in [1.807, 2.05) is 18.2 Å². The highest BCUT2D eigenvalue weighted by atomic mass is 79.9. The van der Waals surface area contributed by atoms with E-state index in [-0.39, 0.29) is 0 Å². The van der Waals surface area contributed by atoms with Crippen molar-refractivity contribution in [3.63, 3.8) is 0 Å². The van der Waals surface area contributed by atoms with Gasteiger partial charge < -0.3 is 0 Å². The van der Waals surface area contributed by atoms with Crippen LogP contribution in [-0.4, -0.2) is 5.54 Å². The summed E-state index contributed by atoms with van der Waals surface area (Å²) in [6.07, 6.45) is 1.73. The van der Waals surface area contributed by atoms with Crippen molar-refractivity contribution in [3.05, 3.63) is 99.5 Å². The van der Waals surface area contributed by atoms with Crippen molar-refractivity contribution in [1.82, 2.24) is 0 Å². The van der Waals surface area contributed by atoms with E-state index in [1.165, 1.54) is 22.3 Å². The van der Waals surface area contributed by atoms with E-state index in [4.69, 9.17) is 22.9 Å². The highest BCUT2D eigenvalue weighted by Gasteiger charge is 2.18. The maximum atomic E-state index is 6.13. The predicted molar refractivity (Wildman–Crippen MR) is 110 cm³/mol. The van der Waals surface area contributed by atoms with Gasteiger partial charge in [-0.3, -0.25) is 0 Å². The van der Waals surface area contributed by atoms with Crippen molar-refractivity contribution in [2.75, 3.05) is 0 Å². The monoisotopic (exact) mass is 416 g/mol. The Hall–Kier alpha value is -1.22. The van der Waals surface area contributed by atoms with Gasteiger partial charge >= 0.3 is 5.54 Å². The first-order valence-electron chi connectivity index (χ1n) is 7.81. The van der Waals surface area contributed by atoms with Crippen LogP contribution in [0.5, 0.6) is 0 Å². The normalized spacial score (nSPS) is 10.6. The summed E-state index contributed by atoms with van der Waals surface area (Å²) < 4.78 is 1.01. The molecule has 3 rings (SSSR count). The van der Waals surface area contributed by atoms with Crippen LogP contribution in [0.15, 0.2) is 77.3 Å². The molecule has 0 aliphatic rings. The van der Waals surface area contributed by atoms with E-state index >= 15 is 0 Å². The number of benzene rings is 3. The summed E-state index contributed by atoms with van der Waals surface area (Å²) in [5.74, 6) is 0. The lowest BCUT2D eigenvalue weighted by Gasteiger charge is -2.16. The lowest BCUT2D eigenvalue weighted by molar-refractivity contribution is 1.08. The minimum atomic E-state index is -0.542. The zero-order valence-corrected chi connectivity index (χ0v) is 16.2. The van der Waals surface area contributed by atoms with Crippen molar-refractivity contribution in [2.24, 2.45) is 0 Å². The lowest BCUT2D eigenvalue weighted by Crippen LogP contribution is -2.22. The molecular formula is C20H16BBrCl2. The molecule has 24 heavy (non-hydrogen) atoms. The van der Waals surface area contributed by atoms with Gasteiger partial charge in [0, 0.05) is 4.47 Å². The second-order valence-corrected chi connectivity index (χ2v) is 7.62. The molecule has 0 spiro atoms. The van der Waals surface area contributed by atoms with E-state index in [2.05, 4.69) is 70.5 Å². The van der Waals surface area contributed by atoms with E-state index in [0.29, 0.717) is 0 Å². The van der Waals surface area contributed by atoms with Crippen molar-refractivity contribution >= 4 is 49.9 Å². The van der Waals surface area contributed by atoms with Gasteiger partial charge in [0.25, 0.3) is 0 Å². The summed E-state index contributed by atoms with van der Waals surface area (Å²) in [5, 5.41) is 0. The molecule has 0 saturated carbocycles. The van der Waals surface area contributed by atoms with Crippen LogP contribution in [0.4, 0.5) is 0 Å². The summed E-state index contributed by atoms with van der Waals surface area (Å²) in [4.78, 5) is 0. The van der Waals surface area contributed by atoms with Crippen molar-refractivity contribution in [3.8, 4) is 0 Å². The Labute approximate surface area is 161 Å². The first-order valence-corrected chi connectivity index (χ1v) is 9.48. The molecule has 0 atom stereocenters. The minimum Gasteiger partial charge on any atom is -0.164 e. The number of rotatable bonds is 5. The molecule has 0 nitrogen and oxygen atoms in total. The molecule has 3 aromatic carbocycles. The molecule has 0 radical (unpaired) electrons. The van der Waals surface area contributed by atoms with Crippen molar-refractivity contribution in [1.29, 1.82) is 0 Å². The third-order valence-electron chi connectivity index (χ3n) is 4.07. The van der Waals surface area contributed by atoms with Gasteiger partial charge in [-0.1, -0.05) is 88.7 Å². The smallest absolute Gasteiger partial charge is 0.164 e. The van der Waals surface area contributed by atoms with Crippen LogP contribution in [0.2, 0.25) is 0 Å². The van der Waals surface area contributed by atoms with Gasteiger partial charge in [0.2, 0.25) is 0 Å². The average molecular weight is 418 g/mol. The van der Waals surface area contributed by atoms with Crippen LogP contribution in [0, 0.1) is 0 Å². The molecule has 0 aliphatic carbocycles. The molecule has 0 N–H and O–H groups in total. The topological polar surface area (TPSA) is 0 Å². The molecule has 0 amide bonds. The van der Waals surface area contributed by atoms with Crippen LogP contribution >= 0.6 is 38.9 Å². The summed E-state index contributed by atoms with van der Waals surface area (Å²) in [6.45, 7) is 0. The van der Waals surface area contributed by atoms with Gasteiger partial charge in [-0.05, 0) is 40.6 Å². The zero-order chi connectivity index (χ0) is 16.9. The Kier molecular flexibility index (Phi) is 6.05. The van der Waals surface area contributed by atoms with Gasteiger partial charge in [0.1, 0.15) is 0 Å². The average Bonchev–Trinajstić information content (AvgIpc) is 2.59. The highest BCUT2D eigenvalue weighted by molar-refractivity contribution is 9.10. The lowest BCUT2D eigenvalue weighted by atomic mass is 9.86. The van der Waals surface area contributed by atoms with Gasteiger partial charge in [0.05, 0.1) is 0 Å². The van der Waals surface area contributed by atoms with E-state index in [1.54, 1.807) is 0 Å². The molecule has 0 aromatic heterocycles. The fraction of sp³-hybridized carbons (Fsp3) is 0.100. The highest BCUT2D eigenvalue weighted by Crippen LogP contribution is 2.26. The SMILES string of the molecule is ClB(Cl)c1ccc(Cc2ccccc2)c(Cc2ccccc2)c1Br. The van der Waals surface area contributed by atoms with E-state index in [9.17, 15) is 0 Å². The molecule has 0 unspecified atom stereocenters. The quantitative estimate of drug-likeness (QED) is 0.460. The van der Waals surface area contributed by atoms with Crippen LogP contribution in [0.1, 0.15) is 22.3 Å². The van der Waals surface area contributed by atoms with Crippen LogP contribution in [0.3, 0.4) is 0 Å². The largest absolute Gasteiger partial charge is 0.383 e. The Morgan fingerprint density at radius 2 is 1.25 bits per heavy atom. The molecule has 0 fully saturated rings. The summed E-state index contributed by atoms with van der Waals surface area (Å²) in [7, 11) is 0. The predicted octanol–water partition coefficient (Wildman–Crippen LogP) is 5.80. The van der Waals surface area contributed by atoms with Gasteiger partial charge in [0.15, 0.2) is 0 Å². The van der Waals surface area contributed by atoms with Gasteiger partial charge in [-0.25, -0.2) is 0 Å². The number of halogens is 3. The van der Waals surface area contributed by atoms with Gasteiger partial charge in [-0.2, -0.15) is 22.9 Å². The maximum Gasteiger partial charge on any atom is 0.383 e. The Morgan fingerprint density at radius 1 is 0.708 bits per heavy atom. The molecular weight excluding hydrogens is 402 g/mol. The first-order chi connectivity index (χ1) is 11.6. The molecule has 0 heterocycles. The van der Waals surface area contributed by atoms with Gasteiger partial charge in [-0.15, -0.1) is 0 Å². The Balaban J connectivity index is 2.02. The standard InChI is InChI=1S/C20H16BBrCl2/c22-20-18(14-16-9-5-2-6-10-16)17(11-12-19(20)21(23)24)13-15-7-3-1-4-8-15/h1-12H,13-14H2. The molecule has 0 bridgehead atoms. The fourth-order valence-electron chi connectivity index (χ4n) is 2.82. The minimum absolute atomic E-state index is 0.542. The number of hydrogen-bond acceptors (Lipinski definition) is 0. The molecule has 0 saturated heterocycles. The Morgan fingerprint density at radius 3 is 1.79 bits per heavy atom. The third kappa shape index (κ3) is 4.24. The second kappa shape index (κ2) is 8.25. The summed E-state index contributed by atoms with van der Waals surface area (Å²) >= 11 is 16.0. The van der Waals surface area contributed by atoms with E-state index < -0.39 is 5.54 Å². The third-order valence-corrected chi connectivity index (χ3v) is 5.47. The molecule has 0 aliphatic heterocycles. The number of hydrogen-bond donors (Lipinski definition) is 0. The molecule has 4 heteroatoms.